The molecule has 0 spiro atoms. The third kappa shape index (κ3) is 10.6. The SMILES string of the molecule is CC(=O)NC(C)C(=O)NC(CC(C)C)C(=O)NC(CC(C)C)C(=O)NC(CC(C)C)C(=O)C1(C)CO1. The fourth-order valence-electron chi connectivity index (χ4n) is 3.94. The number of ether oxygens (including phenoxy) is 1. The van der Waals surface area contributed by atoms with Crippen LogP contribution in [-0.2, 0) is 28.7 Å². The van der Waals surface area contributed by atoms with Crippen molar-refractivity contribution in [1.29, 1.82) is 0 Å². The van der Waals surface area contributed by atoms with Crippen LogP contribution in [0.15, 0.2) is 0 Å². The van der Waals surface area contributed by atoms with Gasteiger partial charge in [-0.25, -0.2) is 0 Å². The van der Waals surface area contributed by atoms with Crippen LogP contribution in [0, 0.1) is 17.8 Å². The van der Waals surface area contributed by atoms with Gasteiger partial charge in [0.05, 0.1) is 12.6 Å². The molecule has 10 nitrogen and oxygen atoms in total. The average Bonchev–Trinajstić information content (AvgIpc) is 3.48. The van der Waals surface area contributed by atoms with E-state index in [1.165, 1.54) is 13.8 Å². The zero-order valence-corrected chi connectivity index (χ0v) is 23.3. The summed E-state index contributed by atoms with van der Waals surface area (Å²) in [7, 11) is 0. The molecule has 206 valence electrons. The third-order valence-corrected chi connectivity index (χ3v) is 5.93. The van der Waals surface area contributed by atoms with E-state index in [0.717, 1.165) is 0 Å². The Morgan fingerprint density at radius 3 is 1.39 bits per heavy atom. The lowest BCUT2D eigenvalue weighted by molar-refractivity contribution is -0.135. The Balaban J connectivity index is 3.02. The second kappa shape index (κ2) is 13.7. The zero-order chi connectivity index (χ0) is 27.8. The first-order chi connectivity index (χ1) is 16.6. The van der Waals surface area contributed by atoms with E-state index in [1.54, 1.807) is 6.92 Å². The standard InChI is InChI=1S/C26H46N4O6/c1-14(2)10-19(22(32)26(9)13-36-26)28-24(34)21(12-16(5)6)30-25(35)20(11-15(3)4)29-23(33)17(7)27-18(8)31/h14-17,19-21H,10-13H2,1-9H3,(H,27,31)(H,28,34)(H,29,33)(H,30,35). The van der Waals surface area contributed by atoms with Gasteiger partial charge in [0, 0.05) is 6.92 Å². The molecule has 0 radical (unpaired) electrons. The summed E-state index contributed by atoms with van der Waals surface area (Å²) < 4.78 is 5.30. The first kappa shape index (κ1) is 31.5. The van der Waals surface area contributed by atoms with Crippen LogP contribution < -0.4 is 21.3 Å². The van der Waals surface area contributed by atoms with Gasteiger partial charge >= 0.3 is 0 Å². The van der Waals surface area contributed by atoms with Gasteiger partial charge in [-0.2, -0.15) is 0 Å². The van der Waals surface area contributed by atoms with E-state index in [0.29, 0.717) is 25.9 Å². The Labute approximate surface area is 215 Å². The minimum Gasteiger partial charge on any atom is -0.361 e. The number of hydrogen-bond donors (Lipinski definition) is 4. The van der Waals surface area contributed by atoms with E-state index in [2.05, 4.69) is 21.3 Å². The van der Waals surface area contributed by atoms with Crippen molar-refractivity contribution in [3.8, 4) is 0 Å². The minimum atomic E-state index is -0.886. The lowest BCUT2D eigenvalue weighted by Crippen LogP contribution is -2.58. The molecule has 4 N–H and O–H groups in total. The van der Waals surface area contributed by atoms with Gasteiger partial charge in [0.1, 0.15) is 23.7 Å². The Morgan fingerprint density at radius 1 is 0.667 bits per heavy atom. The first-order valence-electron chi connectivity index (χ1n) is 12.9. The number of nitrogens with one attached hydrogen (secondary N) is 4. The van der Waals surface area contributed by atoms with Gasteiger partial charge < -0.3 is 26.0 Å². The normalized spacial score (nSPS) is 20.3. The van der Waals surface area contributed by atoms with E-state index < -0.39 is 47.5 Å². The molecule has 1 aliphatic heterocycles. The maximum Gasteiger partial charge on any atom is 0.243 e. The molecule has 1 rings (SSSR count). The van der Waals surface area contributed by atoms with Gasteiger partial charge in [0.2, 0.25) is 23.6 Å². The minimum absolute atomic E-state index is 0.0850. The number of epoxide rings is 1. The molecule has 1 aliphatic rings. The Hall–Kier alpha value is -2.49. The van der Waals surface area contributed by atoms with Crippen molar-refractivity contribution in [2.24, 2.45) is 17.8 Å². The molecule has 10 heteroatoms. The molecule has 0 bridgehead atoms. The number of amides is 4. The fraction of sp³-hybridized carbons (Fsp3) is 0.808. The number of carbonyl (C=O) groups is 5. The third-order valence-electron chi connectivity index (χ3n) is 5.93. The predicted octanol–water partition coefficient (Wildman–Crippen LogP) is 1.46. The summed E-state index contributed by atoms with van der Waals surface area (Å²) in [5.74, 6) is -1.61. The van der Waals surface area contributed by atoms with E-state index in [-0.39, 0.29) is 29.4 Å². The number of Topliss-reactive ketones (excluding diaryl/α,β-unsaturated/α-hetero) is 1. The predicted molar refractivity (Wildman–Crippen MR) is 137 cm³/mol. The number of rotatable bonds is 15. The van der Waals surface area contributed by atoms with Gasteiger partial charge in [-0.1, -0.05) is 41.5 Å². The van der Waals surface area contributed by atoms with Crippen LogP contribution in [0.2, 0.25) is 0 Å². The number of carbonyl (C=O) groups excluding carboxylic acids is 5. The molecule has 0 aromatic carbocycles. The zero-order valence-electron chi connectivity index (χ0n) is 23.3. The van der Waals surface area contributed by atoms with E-state index in [4.69, 9.17) is 4.74 Å². The van der Waals surface area contributed by atoms with Crippen molar-refractivity contribution in [3.05, 3.63) is 0 Å². The molecule has 36 heavy (non-hydrogen) atoms. The van der Waals surface area contributed by atoms with Crippen molar-refractivity contribution in [2.45, 2.75) is 111 Å². The lowest BCUT2D eigenvalue weighted by atomic mass is 9.92. The van der Waals surface area contributed by atoms with Crippen LogP contribution in [0.3, 0.4) is 0 Å². The van der Waals surface area contributed by atoms with Crippen molar-refractivity contribution >= 4 is 29.4 Å². The highest BCUT2D eigenvalue weighted by Crippen LogP contribution is 2.29. The molecule has 0 aliphatic carbocycles. The van der Waals surface area contributed by atoms with E-state index >= 15 is 0 Å². The van der Waals surface area contributed by atoms with Crippen LogP contribution in [0.25, 0.3) is 0 Å². The monoisotopic (exact) mass is 510 g/mol. The molecule has 0 aromatic heterocycles. The van der Waals surface area contributed by atoms with Crippen molar-refractivity contribution in [2.75, 3.05) is 6.61 Å². The van der Waals surface area contributed by atoms with Crippen LogP contribution in [-0.4, -0.2) is 65.8 Å². The van der Waals surface area contributed by atoms with Gasteiger partial charge in [0.15, 0.2) is 5.78 Å². The van der Waals surface area contributed by atoms with E-state index in [9.17, 15) is 24.0 Å². The molecule has 5 atom stereocenters. The molecule has 1 fully saturated rings. The van der Waals surface area contributed by atoms with Gasteiger partial charge in [-0.05, 0) is 50.9 Å². The van der Waals surface area contributed by atoms with E-state index in [1.807, 2.05) is 41.5 Å². The Morgan fingerprint density at radius 2 is 1.03 bits per heavy atom. The summed E-state index contributed by atoms with van der Waals surface area (Å²) in [5.41, 5.74) is -0.874. The molecule has 4 amide bonds. The molecular weight excluding hydrogens is 464 g/mol. The number of hydrogen-bond acceptors (Lipinski definition) is 6. The highest BCUT2D eigenvalue weighted by atomic mass is 16.6. The topological polar surface area (TPSA) is 146 Å². The molecular formula is C26H46N4O6. The Bertz CT molecular complexity index is 806. The lowest BCUT2D eigenvalue weighted by Gasteiger charge is -2.28. The first-order valence-corrected chi connectivity index (χ1v) is 12.9. The maximum atomic E-state index is 13.3. The summed E-state index contributed by atoms with van der Waals surface area (Å²) in [6.07, 6.45) is 1.17. The smallest absolute Gasteiger partial charge is 0.243 e. The van der Waals surface area contributed by atoms with Gasteiger partial charge in [0.25, 0.3) is 0 Å². The molecule has 0 saturated carbocycles. The summed E-state index contributed by atoms with van der Waals surface area (Å²) >= 11 is 0. The maximum absolute atomic E-state index is 13.3. The quantitative estimate of drug-likeness (QED) is 0.245. The van der Waals surface area contributed by atoms with Gasteiger partial charge in [-0.3, -0.25) is 24.0 Å². The molecule has 0 aromatic rings. The summed E-state index contributed by atoms with van der Waals surface area (Å²) in [6, 6.07) is -3.30. The van der Waals surface area contributed by atoms with Crippen molar-refractivity contribution in [3.63, 3.8) is 0 Å². The van der Waals surface area contributed by atoms with Crippen LogP contribution in [0.4, 0.5) is 0 Å². The van der Waals surface area contributed by atoms with Crippen LogP contribution >= 0.6 is 0 Å². The molecule has 1 heterocycles. The van der Waals surface area contributed by atoms with Crippen molar-refractivity contribution in [1.82, 2.24) is 21.3 Å². The Kier molecular flexibility index (Phi) is 12.0. The molecule has 5 unspecified atom stereocenters. The second-order valence-electron chi connectivity index (χ2n) is 11.4. The largest absolute Gasteiger partial charge is 0.361 e. The number of ketones is 1. The summed E-state index contributed by atoms with van der Waals surface area (Å²) in [6.45, 7) is 16.5. The molecule has 1 saturated heterocycles. The highest BCUT2D eigenvalue weighted by molar-refractivity contribution is 5.98. The summed E-state index contributed by atoms with van der Waals surface area (Å²) in [4.78, 5) is 63.4. The van der Waals surface area contributed by atoms with Crippen LogP contribution in [0.1, 0.15) is 81.6 Å². The average molecular weight is 511 g/mol. The van der Waals surface area contributed by atoms with Gasteiger partial charge in [-0.15, -0.1) is 0 Å². The fourth-order valence-corrected chi connectivity index (χ4v) is 3.94. The highest BCUT2D eigenvalue weighted by Gasteiger charge is 2.50. The van der Waals surface area contributed by atoms with Crippen molar-refractivity contribution < 1.29 is 28.7 Å². The summed E-state index contributed by atoms with van der Waals surface area (Å²) in [5, 5.41) is 10.8. The second-order valence-corrected chi connectivity index (χ2v) is 11.4. The van der Waals surface area contributed by atoms with Crippen LogP contribution in [0.5, 0.6) is 0 Å².